The summed E-state index contributed by atoms with van der Waals surface area (Å²) in [5.74, 6) is -0.324. The first-order valence-corrected chi connectivity index (χ1v) is 7.51. The van der Waals surface area contributed by atoms with Gasteiger partial charge in [-0.05, 0) is 31.0 Å². The molecule has 1 saturated heterocycles. The normalized spacial score (nSPS) is 22.7. The van der Waals surface area contributed by atoms with Crippen molar-refractivity contribution in [1.29, 1.82) is 0 Å². The summed E-state index contributed by atoms with van der Waals surface area (Å²) in [5.41, 5.74) is 1.19. The maximum atomic E-state index is 13.6. The van der Waals surface area contributed by atoms with Crippen LogP contribution in [-0.2, 0) is 0 Å². The van der Waals surface area contributed by atoms with E-state index in [1.165, 1.54) is 32.1 Å². The summed E-state index contributed by atoms with van der Waals surface area (Å²) in [6.07, 6.45) is 6.42. The summed E-state index contributed by atoms with van der Waals surface area (Å²) in [5, 5.41) is 3.90. The first kappa shape index (κ1) is 13.2. The van der Waals surface area contributed by atoms with E-state index in [1.54, 1.807) is 12.1 Å². The van der Waals surface area contributed by atoms with Crippen LogP contribution in [-0.4, -0.2) is 25.2 Å². The van der Waals surface area contributed by atoms with Crippen LogP contribution < -0.4 is 10.2 Å². The van der Waals surface area contributed by atoms with Gasteiger partial charge in [0.15, 0.2) is 0 Å². The Labute approximate surface area is 118 Å². The maximum Gasteiger partial charge on any atom is 0.143 e. The standard InChI is InChI=1S/C15H20ClFN2/c16-13-5-4-12(10-14(13)17)19-9-8-18-15(11-19)6-2-1-3-7-15/h4-5,10,18H,1-3,6-9,11H2. The van der Waals surface area contributed by atoms with Gasteiger partial charge < -0.3 is 10.2 Å². The number of hydrogen-bond acceptors (Lipinski definition) is 2. The molecule has 2 fully saturated rings. The molecule has 2 aliphatic rings. The lowest BCUT2D eigenvalue weighted by Crippen LogP contribution is -2.61. The van der Waals surface area contributed by atoms with E-state index < -0.39 is 0 Å². The Kier molecular flexibility index (Phi) is 3.68. The molecule has 1 aliphatic carbocycles. The van der Waals surface area contributed by atoms with E-state index in [0.717, 1.165) is 25.3 Å². The predicted molar refractivity (Wildman–Crippen MR) is 77.4 cm³/mol. The topological polar surface area (TPSA) is 15.3 Å². The predicted octanol–water partition coefficient (Wildman–Crippen LogP) is 3.59. The van der Waals surface area contributed by atoms with Crippen molar-refractivity contribution in [1.82, 2.24) is 5.32 Å². The van der Waals surface area contributed by atoms with E-state index in [2.05, 4.69) is 10.2 Å². The molecular formula is C15H20ClFN2. The fourth-order valence-electron chi connectivity index (χ4n) is 3.42. The largest absolute Gasteiger partial charge is 0.368 e. The number of piperazine rings is 1. The van der Waals surface area contributed by atoms with Crippen molar-refractivity contribution in [3.8, 4) is 0 Å². The number of nitrogens with zero attached hydrogens (tertiary/aromatic N) is 1. The van der Waals surface area contributed by atoms with Crippen LogP contribution in [0.25, 0.3) is 0 Å². The first-order chi connectivity index (χ1) is 9.19. The Morgan fingerprint density at radius 3 is 2.74 bits per heavy atom. The Morgan fingerprint density at radius 2 is 2.00 bits per heavy atom. The molecule has 104 valence electrons. The fraction of sp³-hybridized carbons (Fsp3) is 0.600. The van der Waals surface area contributed by atoms with Gasteiger partial charge in [-0.15, -0.1) is 0 Å². The molecule has 0 aromatic heterocycles. The maximum absolute atomic E-state index is 13.6. The monoisotopic (exact) mass is 282 g/mol. The van der Waals surface area contributed by atoms with Gasteiger partial charge >= 0.3 is 0 Å². The smallest absolute Gasteiger partial charge is 0.143 e. The van der Waals surface area contributed by atoms with Crippen molar-refractivity contribution in [2.24, 2.45) is 0 Å². The number of benzene rings is 1. The van der Waals surface area contributed by atoms with Gasteiger partial charge in [0.1, 0.15) is 5.82 Å². The van der Waals surface area contributed by atoms with Gasteiger partial charge in [-0.25, -0.2) is 4.39 Å². The number of halogens is 2. The summed E-state index contributed by atoms with van der Waals surface area (Å²) in [6.45, 7) is 2.89. The van der Waals surface area contributed by atoms with Gasteiger partial charge in [0.25, 0.3) is 0 Å². The van der Waals surface area contributed by atoms with Crippen molar-refractivity contribution >= 4 is 17.3 Å². The van der Waals surface area contributed by atoms with Gasteiger partial charge in [-0.1, -0.05) is 30.9 Å². The number of nitrogens with one attached hydrogen (secondary N) is 1. The van der Waals surface area contributed by atoms with Gasteiger partial charge in [-0.3, -0.25) is 0 Å². The molecule has 3 rings (SSSR count). The fourth-order valence-corrected chi connectivity index (χ4v) is 3.54. The highest BCUT2D eigenvalue weighted by Gasteiger charge is 2.36. The minimum absolute atomic E-state index is 0.200. The van der Waals surface area contributed by atoms with Crippen LogP contribution in [0.2, 0.25) is 5.02 Å². The highest BCUT2D eigenvalue weighted by Crippen LogP contribution is 2.32. The minimum Gasteiger partial charge on any atom is -0.368 e. The molecule has 1 aliphatic heterocycles. The molecule has 1 heterocycles. The van der Waals surface area contributed by atoms with Crippen LogP contribution in [0.5, 0.6) is 0 Å². The first-order valence-electron chi connectivity index (χ1n) is 7.14. The van der Waals surface area contributed by atoms with Gasteiger partial charge in [0.05, 0.1) is 5.02 Å². The summed E-state index contributed by atoms with van der Waals surface area (Å²) >= 11 is 5.76. The van der Waals surface area contributed by atoms with Crippen LogP contribution in [0, 0.1) is 5.82 Å². The van der Waals surface area contributed by atoms with Gasteiger partial charge in [0, 0.05) is 30.9 Å². The molecule has 1 spiro atoms. The van der Waals surface area contributed by atoms with Gasteiger partial charge in [-0.2, -0.15) is 0 Å². The minimum atomic E-state index is -0.324. The highest BCUT2D eigenvalue weighted by atomic mass is 35.5. The van der Waals surface area contributed by atoms with Crippen LogP contribution in [0.4, 0.5) is 10.1 Å². The molecule has 0 unspecified atom stereocenters. The Balaban J connectivity index is 1.78. The second kappa shape index (κ2) is 5.29. The lowest BCUT2D eigenvalue weighted by Gasteiger charge is -2.47. The van der Waals surface area contributed by atoms with Gasteiger partial charge in [0.2, 0.25) is 0 Å². The lowest BCUT2D eigenvalue weighted by molar-refractivity contribution is 0.216. The molecule has 1 saturated carbocycles. The number of anilines is 1. The summed E-state index contributed by atoms with van der Waals surface area (Å²) in [4.78, 5) is 2.29. The Morgan fingerprint density at radius 1 is 1.21 bits per heavy atom. The van der Waals surface area contributed by atoms with Crippen molar-refractivity contribution < 1.29 is 4.39 Å². The SMILES string of the molecule is Fc1cc(N2CCNC3(CCCCC3)C2)ccc1Cl. The van der Waals surface area contributed by atoms with Crippen LogP contribution >= 0.6 is 11.6 Å². The van der Waals surface area contributed by atoms with Crippen LogP contribution in [0.1, 0.15) is 32.1 Å². The third kappa shape index (κ3) is 2.72. The van der Waals surface area contributed by atoms with Crippen LogP contribution in [0.3, 0.4) is 0 Å². The Bertz CT molecular complexity index is 452. The zero-order valence-corrected chi connectivity index (χ0v) is 11.8. The highest BCUT2D eigenvalue weighted by molar-refractivity contribution is 6.30. The lowest BCUT2D eigenvalue weighted by atomic mass is 9.80. The van der Waals surface area contributed by atoms with Crippen molar-refractivity contribution in [3.63, 3.8) is 0 Å². The molecule has 19 heavy (non-hydrogen) atoms. The molecule has 1 aromatic carbocycles. The molecule has 4 heteroatoms. The summed E-state index contributed by atoms with van der Waals surface area (Å²) < 4.78 is 13.6. The van der Waals surface area contributed by atoms with E-state index in [-0.39, 0.29) is 16.4 Å². The second-order valence-electron chi connectivity index (χ2n) is 5.79. The molecule has 0 bridgehead atoms. The summed E-state index contributed by atoms with van der Waals surface area (Å²) in [7, 11) is 0. The molecule has 0 radical (unpaired) electrons. The van der Waals surface area contributed by atoms with Crippen molar-refractivity contribution in [3.05, 3.63) is 29.0 Å². The van der Waals surface area contributed by atoms with Crippen molar-refractivity contribution in [2.75, 3.05) is 24.5 Å². The average Bonchev–Trinajstić information content (AvgIpc) is 2.43. The van der Waals surface area contributed by atoms with E-state index in [9.17, 15) is 4.39 Å². The van der Waals surface area contributed by atoms with E-state index in [4.69, 9.17) is 11.6 Å². The van der Waals surface area contributed by atoms with E-state index in [1.807, 2.05) is 6.07 Å². The van der Waals surface area contributed by atoms with Crippen LogP contribution in [0.15, 0.2) is 18.2 Å². The van der Waals surface area contributed by atoms with E-state index >= 15 is 0 Å². The molecular weight excluding hydrogens is 263 g/mol. The number of hydrogen-bond donors (Lipinski definition) is 1. The molecule has 0 amide bonds. The van der Waals surface area contributed by atoms with E-state index in [0.29, 0.717) is 0 Å². The second-order valence-corrected chi connectivity index (χ2v) is 6.19. The quantitative estimate of drug-likeness (QED) is 0.847. The third-order valence-corrected chi connectivity index (χ3v) is 4.76. The van der Waals surface area contributed by atoms with Crippen molar-refractivity contribution in [2.45, 2.75) is 37.6 Å². The Hall–Kier alpha value is -0.800. The molecule has 1 N–H and O–H groups in total. The number of rotatable bonds is 1. The zero-order chi connectivity index (χ0) is 13.3. The molecule has 0 atom stereocenters. The third-order valence-electron chi connectivity index (χ3n) is 4.45. The molecule has 2 nitrogen and oxygen atoms in total. The zero-order valence-electron chi connectivity index (χ0n) is 11.1. The molecule has 1 aromatic rings. The summed E-state index contributed by atoms with van der Waals surface area (Å²) in [6, 6.07) is 5.14. The average molecular weight is 283 g/mol.